The molecule has 114 valence electrons. The lowest BCUT2D eigenvalue weighted by Gasteiger charge is -2.23. The van der Waals surface area contributed by atoms with Gasteiger partial charge in [-0.25, -0.2) is 4.98 Å². The normalized spacial score (nSPS) is 20.8. The van der Waals surface area contributed by atoms with E-state index in [4.69, 9.17) is 5.73 Å². The number of carbonyl (C=O) groups is 1. The summed E-state index contributed by atoms with van der Waals surface area (Å²) in [4.78, 5) is 20.2. The van der Waals surface area contributed by atoms with Gasteiger partial charge in [0, 0.05) is 17.8 Å². The summed E-state index contributed by atoms with van der Waals surface area (Å²) in [5.74, 6) is 0.639. The first-order valence-electron chi connectivity index (χ1n) is 7.77. The van der Waals surface area contributed by atoms with Crippen LogP contribution in [0.2, 0.25) is 0 Å². The summed E-state index contributed by atoms with van der Waals surface area (Å²) in [6, 6.07) is 0.433. The molecule has 2 aliphatic rings. The van der Waals surface area contributed by atoms with Crippen LogP contribution in [0, 0.1) is 0 Å². The van der Waals surface area contributed by atoms with Crippen LogP contribution in [0.1, 0.15) is 62.2 Å². The van der Waals surface area contributed by atoms with Crippen LogP contribution >= 0.6 is 0 Å². The summed E-state index contributed by atoms with van der Waals surface area (Å²) in [7, 11) is 0. The molecule has 3 rings (SSSR count). The topological polar surface area (TPSA) is 92.9 Å². The lowest BCUT2D eigenvalue weighted by Crippen LogP contribution is -2.26. The number of rotatable bonds is 5. The first kappa shape index (κ1) is 14.1. The quantitative estimate of drug-likeness (QED) is 0.773. The summed E-state index contributed by atoms with van der Waals surface area (Å²) in [5.41, 5.74) is 5.81. The Morgan fingerprint density at radius 3 is 2.67 bits per heavy atom. The van der Waals surface area contributed by atoms with Gasteiger partial charge in [0.1, 0.15) is 5.82 Å². The fourth-order valence-electron chi connectivity index (χ4n) is 2.75. The predicted molar refractivity (Wildman–Crippen MR) is 82.3 cm³/mol. The van der Waals surface area contributed by atoms with Crippen LogP contribution in [0.5, 0.6) is 0 Å². The monoisotopic (exact) mass is 289 g/mol. The molecule has 0 saturated heterocycles. The maximum Gasteiger partial charge on any atom is 0.254 e. The van der Waals surface area contributed by atoms with Crippen molar-refractivity contribution in [1.82, 2.24) is 9.97 Å². The second-order valence-electron chi connectivity index (χ2n) is 6.49. The van der Waals surface area contributed by atoms with Gasteiger partial charge in [0.05, 0.1) is 5.56 Å². The fourth-order valence-corrected chi connectivity index (χ4v) is 2.75. The molecule has 1 aromatic rings. The predicted octanol–water partition coefficient (Wildman–Crippen LogP) is 2.28. The van der Waals surface area contributed by atoms with Crippen LogP contribution in [0.15, 0.2) is 6.20 Å². The first-order valence-corrected chi connectivity index (χ1v) is 7.77. The van der Waals surface area contributed by atoms with Crippen LogP contribution in [0.3, 0.4) is 0 Å². The Kier molecular flexibility index (Phi) is 3.69. The highest BCUT2D eigenvalue weighted by atomic mass is 16.1. The van der Waals surface area contributed by atoms with Gasteiger partial charge in [-0.2, -0.15) is 4.98 Å². The van der Waals surface area contributed by atoms with Crippen LogP contribution < -0.4 is 16.4 Å². The zero-order chi connectivity index (χ0) is 14.9. The number of nitrogens with zero attached hydrogens (tertiary/aromatic N) is 2. The summed E-state index contributed by atoms with van der Waals surface area (Å²) < 4.78 is 0. The van der Waals surface area contributed by atoms with E-state index in [1.54, 1.807) is 0 Å². The number of hydrogen-bond acceptors (Lipinski definition) is 5. The average Bonchev–Trinajstić information content (AvgIpc) is 3.17. The third-order valence-electron chi connectivity index (χ3n) is 4.41. The van der Waals surface area contributed by atoms with Gasteiger partial charge < -0.3 is 16.4 Å². The van der Waals surface area contributed by atoms with Gasteiger partial charge in [-0.05, 0) is 32.6 Å². The van der Waals surface area contributed by atoms with Gasteiger partial charge in [-0.1, -0.05) is 19.3 Å². The van der Waals surface area contributed by atoms with Crippen LogP contribution in [0.25, 0.3) is 0 Å². The molecule has 4 N–H and O–H groups in total. The zero-order valence-electron chi connectivity index (χ0n) is 12.5. The number of anilines is 2. The molecule has 2 fully saturated rings. The Balaban J connectivity index is 1.78. The minimum absolute atomic E-state index is 0.0423. The molecule has 0 aromatic carbocycles. The third kappa shape index (κ3) is 3.43. The van der Waals surface area contributed by atoms with Gasteiger partial charge in [0.2, 0.25) is 5.95 Å². The highest BCUT2D eigenvalue weighted by molar-refractivity contribution is 5.97. The van der Waals surface area contributed by atoms with E-state index in [-0.39, 0.29) is 5.54 Å². The second kappa shape index (κ2) is 5.50. The number of nitrogens with one attached hydrogen (secondary N) is 2. The van der Waals surface area contributed by atoms with Gasteiger partial charge in [-0.3, -0.25) is 4.79 Å². The van der Waals surface area contributed by atoms with Gasteiger partial charge in [-0.15, -0.1) is 0 Å². The van der Waals surface area contributed by atoms with Crippen molar-refractivity contribution in [2.24, 2.45) is 5.73 Å². The Hall–Kier alpha value is -1.85. The van der Waals surface area contributed by atoms with Gasteiger partial charge >= 0.3 is 0 Å². The van der Waals surface area contributed by atoms with E-state index in [1.165, 1.54) is 25.5 Å². The number of primary amides is 1. The standard InChI is InChI=1S/C15H23N5O/c1-15(7-8-15)20-13-11(12(16)21)9-17-14(19-13)18-10-5-3-2-4-6-10/h9-10H,2-8H2,1H3,(H2,16,21)(H2,17,18,19,20). The van der Waals surface area contributed by atoms with E-state index < -0.39 is 5.91 Å². The molecule has 2 saturated carbocycles. The average molecular weight is 289 g/mol. The maximum atomic E-state index is 11.5. The fraction of sp³-hybridized carbons (Fsp3) is 0.667. The molecule has 0 atom stereocenters. The highest BCUT2D eigenvalue weighted by Gasteiger charge is 2.38. The Labute approximate surface area is 124 Å². The molecule has 0 aliphatic heterocycles. The summed E-state index contributed by atoms with van der Waals surface area (Å²) in [6.07, 6.45) is 9.81. The van der Waals surface area contributed by atoms with E-state index in [0.29, 0.717) is 23.4 Å². The molecule has 0 spiro atoms. The van der Waals surface area contributed by atoms with Crippen molar-refractivity contribution in [2.45, 2.75) is 63.5 Å². The van der Waals surface area contributed by atoms with Crippen LogP contribution in [-0.4, -0.2) is 27.5 Å². The summed E-state index contributed by atoms with van der Waals surface area (Å²) >= 11 is 0. The molecule has 0 unspecified atom stereocenters. The van der Waals surface area contributed by atoms with Gasteiger partial charge in [0.25, 0.3) is 5.91 Å². The van der Waals surface area contributed by atoms with E-state index in [9.17, 15) is 4.79 Å². The van der Waals surface area contributed by atoms with E-state index in [1.807, 2.05) is 0 Å². The van der Waals surface area contributed by atoms with Crippen LogP contribution in [0.4, 0.5) is 11.8 Å². The van der Waals surface area contributed by atoms with Crippen LogP contribution in [-0.2, 0) is 0 Å². The van der Waals surface area contributed by atoms with Crippen molar-refractivity contribution >= 4 is 17.7 Å². The van der Waals surface area contributed by atoms with Crippen molar-refractivity contribution in [3.63, 3.8) is 0 Å². The molecule has 21 heavy (non-hydrogen) atoms. The van der Waals surface area contributed by atoms with E-state index >= 15 is 0 Å². The van der Waals surface area contributed by atoms with Gasteiger partial charge in [0.15, 0.2) is 0 Å². The number of amides is 1. The molecule has 0 radical (unpaired) electrons. The minimum atomic E-state index is -0.494. The molecule has 1 heterocycles. The molecule has 1 aromatic heterocycles. The Morgan fingerprint density at radius 1 is 1.33 bits per heavy atom. The molecule has 6 heteroatoms. The molecule has 2 aliphatic carbocycles. The Morgan fingerprint density at radius 2 is 2.05 bits per heavy atom. The molecular formula is C15H23N5O. The van der Waals surface area contributed by atoms with E-state index in [0.717, 1.165) is 25.7 Å². The lowest BCUT2D eigenvalue weighted by atomic mass is 9.96. The number of hydrogen-bond donors (Lipinski definition) is 3. The van der Waals surface area contributed by atoms with E-state index in [2.05, 4.69) is 27.5 Å². The van der Waals surface area contributed by atoms with Crippen molar-refractivity contribution in [3.8, 4) is 0 Å². The summed E-state index contributed by atoms with van der Waals surface area (Å²) in [6.45, 7) is 2.12. The maximum absolute atomic E-state index is 11.5. The number of nitrogens with two attached hydrogens (primary N) is 1. The SMILES string of the molecule is CC1(Nc2nc(NC3CCCCC3)ncc2C(N)=O)CC1. The minimum Gasteiger partial charge on any atom is -0.365 e. The number of aromatic nitrogens is 2. The largest absolute Gasteiger partial charge is 0.365 e. The molecule has 1 amide bonds. The first-order chi connectivity index (χ1) is 10.1. The van der Waals surface area contributed by atoms with Crippen molar-refractivity contribution in [1.29, 1.82) is 0 Å². The van der Waals surface area contributed by atoms with Crippen molar-refractivity contribution < 1.29 is 4.79 Å². The number of carbonyl (C=O) groups excluding carboxylic acids is 1. The highest BCUT2D eigenvalue weighted by Crippen LogP contribution is 2.38. The lowest BCUT2D eigenvalue weighted by molar-refractivity contribution is 0.100. The zero-order valence-corrected chi connectivity index (χ0v) is 12.5. The Bertz CT molecular complexity index is 535. The van der Waals surface area contributed by atoms with Crippen molar-refractivity contribution in [2.75, 3.05) is 10.6 Å². The smallest absolute Gasteiger partial charge is 0.254 e. The molecular weight excluding hydrogens is 266 g/mol. The summed E-state index contributed by atoms with van der Waals surface area (Å²) in [5, 5.41) is 6.71. The van der Waals surface area contributed by atoms with Crippen molar-refractivity contribution in [3.05, 3.63) is 11.8 Å². The second-order valence-corrected chi connectivity index (χ2v) is 6.49. The third-order valence-corrected chi connectivity index (χ3v) is 4.41. The molecule has 6 nitrogen and oxygen atoms in total. The molecule has 0 bridgehead atoms.